The van der Waals surface area contributed by atoms with Crippen LogP contribution in [0.5, 0.6) is 0 Å². The van der Waals surface area contributed by atoms with E-state index in [0.717, 1.165) is 51.6 Å². The van der Waals surface area contributed by atoms with Crippen LogP contribution in [0.1, 0.15) is 11.1 Å². The molecule has 5 heteroatoms. The van der Waals surface area contributed by atoms with Crippen molar-refractivity contribution in [2.24, 2.45) is 0 Å². The van der Waals surface area contributed by atoms with Crippen molar-refractivity contribution in [1.29, 1.82) is 0 Å². The van der Waals surface area contributed by atoms with Gasteiger partial charge in [-0.2, -0.15) is 0 Å². The molecule has 0 spiro atoms. The van der Waals surface area contributed by atoms with Crippen molar-refractivity contribution >= 4 is 43.6 Å². The van der Waals surface area contributed by atoms with E-state index in [1.807, 2.05) is 0 Å². The standard InChI is InChI=1S/C46H29N5/c1-2-12-32(13-3-1)50-40-18-8-6-15-34(40)36-25-29(21-23-42(36)50)30-22-24-43-37(26-30)35-16-7-9-19-41(35)51(43)44-20-10-17-39(49-44)46-38-27-31-11-4-5-14-33(31)45(38)47-28-48-46/h1-26,28H,27H2. The number of benzene rings is 6. The van der Waals surface area contributed by atoms with Crippen molar-refractivity contribution < 1.29 is 0 Å². The van der Waals surface area contributed by atoms with Crippen LogP contribution < -0.4 is 0 Å². The predicted molar refractivity (Wildman–Crippen MR) is 208 cm³/mol. The normalized spacial score (nSPS) is 12.2. The summed E-state index contributed by atoms with van der Waals surface area (Å²) in [5, 5.41) is 4.89. The van der Waals surface area contributed by atoms with Gasteiger partial charge in [-0.15, -0.1) is 0 Å². The van der Waals surface area contributed by atoms with Crippen LogP contribution in [-0.2, 0) is 6.42 Å². The van der Waals surface area contributed by atoms with Crippen molar-refractivity contribution in [3.63, 3.8) is 0 Å². The molecule has 238 valence electrons. The lowest BCUT2D eigenvalue weighted by Crippen LogP contribution is -2.01. The van der Waals surface area contributed by atoms with E-state index < -0.39 is 0 Å². The van der Waals surface area contributed by atoms with E-state index in [-0.39, 0.29) is 0 Å². The second-order valence-corrected chi connectivity index (χ2v) is 13.3. The van der Waals surface area contributed by atoms with Gasteiger partial charge in [0.1, 0.15) is 12.1 Å². The zero-order chi connectivity index (χ0) is 33.5. The molecular weight excluding hydrogens is 623 g/mol. The molecule has 6 aromatic carbocycles. The van der Waals surface area contributed by atoms with Gasteiger partial charge in [0.2, 0.25) is 0 Å². The molecular formula is C46H29N5. The van der Waals surface area contributed by atoms with Gasteiger partial charge in [0, 0.05) is 44.8 Å². The molecule has 0 unspecified atom stereocenters. The third-order valence-corrected chi connectivity index (χ3v) is 10.5. The zero-order valence-corrected chi connectivity index (χ0v) is 27.5. The fourth-order valence-corrected chi connectivity index (χ4v) is 8.22. The summed E-state index contributed by atoms with van der Waals surface area (Å²) in [5.41, 5.74) is 14.5. The van der Waals surface area contributed by atoms with E-state index in [1.54, 1.807) is 6.33 Å². The van der Waals surface area contributed by atoms with Gasteiger partial charge in [0.15, 0.2) is 0 Å². The predicted octanol–water partition coefficient (Wildman–Crippen LogP) is 11.0. The summed E-state index contributed by atoms with van der Waals surface area (Å²) >= 11 is 0. The maximum atomic E-state index is 5.27. The molecule has 5 nitrogen and oxygen atoms in total. The van der Waals surface area contributed by atoms with Gasteiger partial charge in [0.25, 0.3) is 0 Å². The third-order valence-electron chi connectivity index (χ3n) is 10.5. The highest BCUT2D eigenvalue weighted by molar-refractivity contribution is 6.12. The number of pyridine rings is 1. The topological polar surface area (TPSA) is 48.5 Å². The van der Waals surface area contributed by atoms with Gasteiger partial charge in [0.05, 0.1) is 39.1 Å². The molecule has 1 aliphatic carbocycles. The summed E-state index contributed by atoms with van der Waals surface area (Å²) in [7, 11) is 0. The van der Waals surface area contributed by atoms with Gasteiger partial charge in [-0.3, -0.25) is 4.57 Å². The Morgan fingerprint density at radius 3 is 1.82 bits per heavy atom. The third kappa shape index (κ3) is 4.18. The molecule has 0 amide bonds. The first-order chi connectivity index (χ1) is 25.3. The smallest absolute Gasteiger partial charge is 0.138 e. The first kappa shape index (κ1) is 28.0. The quantitative estimate of drug-likeness (QED) is 0.190. The van der Waals surface area contributed by atoms with Crippen molar-refractivity contribution in [1.82, 2.24) is 24.1 Å². The van der Waals surface area contributed by atoms with Gasteiger partial charge < -0.3 is 4.57 Å². The molecule has 51 heavy (non-hydrogen) atoms. The molecule has 11 rings (SSSR count). The Morgan fingerprint density at radius 1 is 0.451 bits per heavy atom. The zero-order valence-electron chi connectivity index (χ0n) is 27.5. The number of hydrogen-bond donors (Lipinski definition) is 0. The van der Waals surface area contributed by atoms with Gasteiger partial charge in [-0.1, -0.05) is 97.1 Å². The number of fused-ring (bicyclic) bond motifs is 9. The summed E-state index contributed by atoms with van der Waals surface area (Å²) in [4.78, 5) is 14.7. The molecule has 4 heterocycles. The van der Waals surface area contributed by atoms with Crippen LogP contribution in [0.4, 0.5) is 0 Å². The molecule has 0 radical (unpaired) electrons. The largest absolute Gasteiger partial charge is 0.309 e. The molecule has 0 N–H and O–H groups in total. The number of nitrogens with zero attached hydrogens (tertiary/aromatic N) is 5. The van der Waals surface area contributed by atoms with E-state index in [1.165, 1.54) is 54.8 Å². The number of rotatable bonds is 4. The van der Waals surface area contributed by atoms with E-state index >= 15 is 0 Å². The van der Waals surface area contributed by atoms with Crippen molar-refractivity contribution in [3.8, 4) is 45.3 Å². The van der Waals surface area contributed by atoms with Crippen LogP contribution in [0, 0.1) is 0 Å². The molecule has 1 aliphatic rings. The Kier molecular flexibility index (Phi) is 5.95. The van der Waals surface area contributed by atoms with Crippen molar-refractivity contribution in [2.45, 2.75) is 6.42 Å². The van der Waals surface area contributed by atoms with E-state index in [4.69, 9.17) is 9.97 Å². The highest BCUT2D eigenvalue weighted by atomic mass is 15.1. The minimum absolute atomic E-state index is 0.810. The molecule has 0 aliphatic heterocycles. The molecule has 0 saturated heterocycles. The molecule has 10 aromatic rings. The van der Waals surface area contributed by atoms with Crippen LogP contribution in [0.15, 0.2) is 164 Å². The Hall–Kier alpha value is -6.85. The van der Waals surface area contributed by atoms with Crippen molar-refractivity contribution in [2.75, 3.05) is 0 Å². The lowest BCUT2D eigenvalue weighted by atomic mass is 10.0. The summed E-state index contributed by atoms with van der Waals surface area (Å²) in [6, 6.07) is 56.4. The maximum Gasteiger partial charge on any atom is 0.138 e. The Balaban J connectivity index is 1.05. The lowest BCUT2D eigenvalue weighted by molar-refractivity contribution is 1.06. The molecule has 0 fully saturated rings. The first-order valence-electron chi connectivity index (χ1n) is 17.3. The van der Waals surface area contributed by atoms with Gasteiger partial charge in [-0.05, 0) is 77.4 Å². The summed E-state index contributed by atoms with van der Waals surface area (Å²) in [6.45, 7) is 0. The van der Waals surface area contributed by atoms with Crippen LogP contribution in [0.3, 0.4) is 0 Å². The minimum Gasteiger partial charge on any atom is -0.309 e. The van der Waals surface area contributed by atoms with E-state index in [0.29, 0.717) is 0 Å². The van der Waals surface area contributed by atoms with Crippen LogP contribution in [0.2, 0.25) is 0 Å². The first-order valence-corrected chi connectivity index (χ1v) is 17.3. The summed E-state index contributed by atoms with van der Waals surface area (Å²) in [6.07, 6.45) is 2.48. The van der Waals surface area contributed by atoms with E-state index in [2.05, 4.69) is 172 Å². The Bertz CT molecular complexity index is 3010. The highest BCUT2D eigenvalue weighted by Crippen LogP contribution is 2.40. The summed E-state index contributed by atoms with van der Waals surface area (Å²) < 4.78 is 4.64. The second kappa shape index (κ2) is 10.8. The Morgan fingerprint density at radius 2 is 1.06 bits per heavy atom. The number of para-hydroxylation sites is 3. The lowest BCUT2D eigenvalue weighted by Gasteiger charge is -2.11. The monoisotopic (exact) mass is 651 g/mol. The fraction of sp³-hybridized carbons (Fsp3) is 0.0217. The summed E-state index contributed by atoms with van der Waals surface area (Å²) in [5.74, 6) is 0.865. The molecule has 0 atom stereocenters. The van der Waals surface area contributed by atoms with E-state index in [9.17, 15) is 0 Å². The number of aromatic nitrogens is 5. The van der Waals surface area contributed by atoms with Gasteiger partial charge in [-0.25, -0.2) is 15.0 Å². The highest BCUT2D eigenvalue weighted by Gasteiger charge is 2.24. The van der Waals surface area contributed by atoms with Crippen LogP contribution in [0.25, 0.3) is 88.9 Å². The molecule has 0 bridgehead atoms. The van der Waals surface area contributed by atoms with Gasteiger partial charge >= 0.3 is 0 Å². The minimum atomic E-state index is 0.810. The average Bonchev–Trinajstić information content (AvgIpc) is 3.85. The van der Waals surface area contributed by atoms with Crippen molar-refractivity contribution in [3.05, 3.63) is 175 Å². The maximum absolute atomic E-state index is 5.27. The fourth-order valence-electron chi connectivity index (χ4n) is 8.22. The molecule has 0 saturated carbocycles. The Labute approximate surface area is 293 Å². The van der Waals surface area contributed by atoms with Crippen LogP contribution >= 0.6 is 0 Å². The molecule has 4 aromatic heterocycles. The number of hydrogen-bond acceptors (Lipinski definition) is 3. The SMILES string of the molecule is c1ccc(-n2c3ccccc3c3cc(-c4ccc5c(c4)c4ccccc4n5-c4cccc(-c5ncnc6c5Cc5ccccc5-6)n4)ccc32)cc1. The average molecular weight is 652 g/mol. The second-order valence-electron chi connectivity index (χ2n) is 13.3. The van der Waals surface area contributed by atoms with Crippen LogP contribution in [-0.4, -0.2) is 24.1 Å².